The molecule has 0 aromatic carbocycles. The van der Waals surface area contributed by atoms with Crippen molar-refractivity contribution in [2.24, 2.45) is 5.92 Å². The van der Waals surface area contributed by atoms with E-state index >= 15 is 0 Å². The average molecular weight is 368 g/mol. The molecule has 2 aromatic heterocycles. The quantitative estimate of drug-likeness (QED) is 0.845. The number of hydrogen-bond acceptors (Lipinski definition) is 5. The maximum Gasteiger partial charge on any atom is 0.244 e. The Morgan fingerprint density at radius 2 is 2.10 bits per heavy atom. The predicted octanol–water partition coefficient (Wildman–Crippen LogP) is 4.54. The molecule has 1 saturated heterocycles. The molecule has 1 saturated carbocycles. The highest BCUT2D eigenvalue weighted by molar-refractivity contribution is 9.11. The SMILES string of the molecule is Brc1ccc(-c2noc(C3CCC4CCCCC4N3)n2)s1. The topological polar surface area (TPSA) is 51.0 Å². The first-order valence-electron chi connectivity index (χ1n) is 7.65. The van der Waals surface area contributed by atoms with Crippen LogP contribution in [0.2, 0.25) is 0 Å². The Hall–Kier alpha value is -0.720. The summed E-state index contributed by atoms with van der Waals surface area (Å²) >= 11 is 5.10. The zero-order valence-electron chi connectivity index (χ0n) is 11.7. The molecule has 3 heterocycles. The van der Waals surface area contributed by atoms with Crippen LogP contribution >= 0.6 is 27.3 Å². The summed E-state index contributed by atoms with van der Waals surface area (Å²) in [5, 5.41) is 7.88. The van der Waals surface area contributed by atoms with Crippen LogP contribution in [0.3, 0.4) is 0 Å². The minimum absolute atomic E-state index is 0.231. The molecule has 0 bridgehead atoms. The lowest BCUT2D eigenvalue weighted by Crippen LogP contribution is -2.44. The van der Waals surface area contributed by atoms with Crippen molar-refractivity contribution in [3.05, 3.63) is 21.8 Å². The zero-order valence-corrected chi connectivity index (χ0v) is 14.1. The van der Waals surface area contributed by atoms with E-state index in [0.29, 0.717) is 11.9 Å². The number of rotatable bonds is 2. The fraction of sp³-hybridized carbons (Fsp3) is 0.600. The summed E-state index contributed by atoms with van der Waals surface area (Å²) in [6.07, 6.45) is 7.80. The number of halogens is 1. The summed E-state index contributed by atoms with van der Waals surface area (Å²) in [5.41, 5.74) is 0. The molecule has 21 heavy (non-hydrogen) atoms. The van der Waals surface area contributed by atoms with Crippen molar-refractivity contribution < 1.29 is 4.52 Å². The summed E-state index contributed by atoms with van der Waals surface area (Å²) in [7, 11) is 0. The second kappa shape index (κ2) is 5.82. The van der Waals surface area contributed by atoms with Crippen molar-refractivity contribution >= 4 is 27.3 Å². The predicted molar refractivity (Wildman–Crippen MR) is 86.2 cm³/mol. The lowest BCUT2D eigenvalue weighted by molar-refractivity contribution is 0.158. The second-order valence-corrected chi connectivity index (χ2v) is 8.47. The van der Waals surface area contributed by atoms with Gasteiger partial charge in [0.2, 0.25) is 11.7 Å². The van der Waals surface area contributed by atoms with E-state index in [4.69, 9.17) is 4.52 Å². The number of fused-ring (bicyclic) bond motifs is 1. The fourth-order valence-corrected chi connectivity index (χ4v) is 4.91. The van der Waals surface area contributed by atoms with E-state index in [1.165, 1.54) is 32.1 Å². The molecule has 112 valence electrons. The van der Waals surface area contributed by atoms with Crippen LogP contribution in [0, 0.1) is 5.92 Å². The molecule has 2 fully saturated rings. The number of nitrogens with zero attached hydrogens (tertiary/aromatic N) is 2. The first kappa shape index (κ1) is 13.9. The van der Waals surface area contributed by atoms with E-state index < -0.39 is 0 Å². The highest BCUT2D eigenvalue weighted by Gasteiger charge is 2.34. The number of nitrogens with one attached hydrogen (secondary N) is 1. The van der Waals surface area contributed by atoms with Gasteiger partial charge >= 0.3 is 0 Å². The van der Waals surface area contributed by atoms with Crippen LogP contribution < -0.4 is 5.32 Å². The summed E-state index contributed by atoms with van der Waals surface area (Å²) in [4.78, 5) is 5.65. The van der Waals surface area contributed by atoms with Crippen LogP contribution in [0.1, 0.15) is 50.5 Å². The molecular formula is C15H18BrN3OS. The first-order valence-corrected chi connectivity index (χ1v) is 9.26. The molecule has 0 spiro atoms. The zero-order chi connectivity index (χ0) is 14.2. The molecule has 2 aliphatic rings. The van der Waals surface area contributed by atoms with E-state index in [0.717, 1.165) is 26.9 Å². The van der Waals surface area contributed by atoms with E-state index in [9.17, 15) is 0 Å². The minimum Gasteiger partial charge on any atom is -0.337 e. The molecule has 0 amide bonds. The van der Waals surface area contributed by atoms with Crippen molar-refractivity contribution in [2.75, 3.05) is 0 Å². The Morgan fingerprint density at radius 3 is 2.95 bits per heavy atom. The number of thiophene rings is 1. The molecule has 1 N–H and O–H groups in total. The monoisotopic (exact) mass is 367 g/mol. The van der Waals surface area contributed by atoms with Gasteiger partial charge in [-0.25, -0.2) is 0 Å². The molecule has 1 aliphatic carbocycles. The fourth-order valence-electron chi connectivity index (χ4n) is 3.60. The summed E-state index contributed by atoms with van der Waals surface area (Å²) in [6.45, 7) is 0. The van der Waals surface area contributed by atoms with Crippen molar-refractivity contribution in [3.8, 4) is 10.7 Å². The summed E-state index contributed by atoms with van der Waals surface area (Å²) in [6, 6.07) is 4.91. The molecule has 4 nitrogen and oxygen atoms in total. The Bertz CT molecular complexity index is 626. The largest absolute Gasteiger partial charge is 0.337 e. The second-order valence-electron chi connectivity index (χ2n) is 6.01. The van der Waals surface area contributed by atoms with Gasteiger partial charge in [-0.05, 0) is 59.7 Å². The first-order chi connectivity index (χ1) is 10.3. The van der Waals surface area contributed by atoms with Crippen molar-refractivity contribution in [3.63, 3.8) is 0 Å². The van der Waals surface area contributed by atoms with Gasteiger partial charge in [0.25, 0.3) is 0 Å². The Kier molecular flexibility index (Phi) is 3.85. The van der Waals surface area contributed by atoms with Crippen LogP contribution in [0.25, 0.3) is 10.7 Å². The highest BCUT2D eigenvalue weighted by atomic mass is 79.9. The molecular weight excluding hydrogens is 350 g/mol. The van der Waals surface area contributed by atoms with Crippen molar-refractivity contribution in [1.29, 1.82) is 0 Å². The van der Waals surface area contributed by atoms with E-state index in [2.05, 4.69) is 31.4 Å². The smallest absolute Gasteiger partial charge is 0.244 e. The summed E-state index contributed by atoms with van der Waals surface area (Å²) in [5.74, 6) is 2.30. The lowest BCUT2D eigenvalue weighted by Gasteiger charge is -2.39. The molecule has 2 aromatic rings. The van der Waals surface area contributed by atoms with Gasteiger partial charge in [-0.2, -0.15) is 4.98 Å². The maximum absolute atomic E-state index is 5.52. The standard InChI is InChI=1S/C15H18BrN3OS/c16-13-8-7-12(21-13)14-18-15(20-19-14)11-6-5-9-3-1-2-4-10(9)17-11/h7-11,17H,1-6H2. The van der Waals surface area contributed by atoms with E-state index in [1.54, 1.807) is 11.3 Å². The molecule has 6 heteroatoms. The minimum atomic E-state index is 0.231. The van der Waals surface area contributed by atoms with Gasteiger partial charge in [-0.3, -0.25) is 0 Å². The van der Waals surface area contributed by atoms with E-state index in [-0.39, 0.29) is 6.04 Å². The maximum atomic E-state index is 5.52. The van der Waals surface area contributed by atoms with Gasteiger partial charge < -0.3 is 9.84 Å². The Balaban J connectivity index is 1.50. The number of piperidine rings is 1. The average Bonchev–Trinajstić information content (AvgIpc) is 3.15. The highest BCUT2D eigenvalue weighted by Crippen LogP contribution is 2.37. The van der Waals surface area contributed by atoms with Crippen LogP contribution in [-0.4, -0.2) is 16.2 Å². The summed E-state index contributed by atoms with van der Waals surface area (Å²) < 4.78 is 6.60. The molecule has 3 atom stereocenters. The van der Waals surface area contributed by atoms with Crippen LogP contribution in [0.15, 0.2) is 20.4 Å². The Morgan fingerprint density at radius 1 is 1.19 bits per heavy atom. The third-order valence-corrected chi connectivity index (χ3v) is 6.30. The van der Waals surface area contributed by atoms with Gasteiger partial charge in [-0.1, -0.05) is 18.0 Å². The molecule has 4 rings (SSSR count). The van der Waals surface area contributed by atoms with Crippen LogP contribution in [-0.2, 0) is 0 Å². The van der Waals surface area contributed by atoms with Crippen LogP contribution in [0.4, 0.5) is 0 Å². The van der Waals surface area contributed by atoms with Gasteiger partial charge in [-0.15, -0.1) is 11.3 Å². The van der Waals surface area contributed by atoms with Crippen molar-refractivity contribution in [1.82, 2.24) is 15.5 Å². The van der Waals surface area contributed by atoms with E-state index in [1.807, 2.05) is 12.1 Å². The van der Waals surface area contributed by atoms with Crippen LogP contribution in [0.5, 0.6) is 0 Å². The molecule has 1 aliphatic heterocycles. The Labute approximate surface area is 136 Å². The lowest BCUT2D eigenvalue weighted by atomic mass is 9.78. The van der Waals surface area contributed by atoms with Gasteiger partial charge in [0.15, 0.2) is 0 Å². The third kappa shape index (κ3) is 2.81. The number of hydrogen-bond donors (Lipinski definition) is 1. The number of aromatic nitrogens is 2. The molecule has 3 unspecified atom stereocenters. The van der Waals surface area contributed by atoms with Crippen molar-refractivity contribution in [2.45, 2.75) is 50.6 Å². The normalized spacial score (nSPS) is 29.3. The molecule has 0 radical (unpaired) electrons. The van der Waals surface area contributed by atoms with Gasteiger partial charge in [0.05, 0.1) is 14.7 Å². The van der Waals surface area contributed by atoms with Gasteiger partial charge in [0, 0.05) is 6.04 Å². The third-order valence-electron chi connectivity index (χ3n) is 4.68. The van der Waals surface area contributed by atoms with Gasteiger partial charge in [0.1, 0.15) is 0 Å².